The van der Waals surface area contributed by atoms with Gasteiger partial charge in [0.2, 0.25) is 21.8 Å². The van der Waals surface area contributed by atoms with E-state index in [0.717, 1.165) is 0 Å². The van der Waals surface area contributed by atoms with Gasteiger partial charge in [0, 0.05) is 43.1 Å². The molecule has 2 aromatic carbocycles. The molecule has 0 spiro atoms. The molecule has 1 atom stereocenters. The fraction of sp³-hybridized carbons (Fsp3) is 0.417. The van der Waals surface area contributed by atoms with Gasteiger partial charge in [0.05, 0.1) is 4.90 Å². The van der Waals surface area contributed by atoms with Gasteiger partial charge >= 0.3 is 0 Å². The number of nitrogens with zero attached hydrogens (tertiary/aromatic N) is 2. The molecule has 0 unspecified atom stereocenters. The van der Waals surface area contributed by atoms with E-state index in [-0.39, 0.29) is 36.2 Å². The first kappa shape index (κ1) is 28.1. The van der Waals surface area contributed by atoms with Crippen LogP contribution in [0.2, 0.25) is 10.0 Å². The lowest BCUT2D eigenvalue weighted by Crippen LogP contribution is -2.49. The largest absolute Gasteiger partial charge is 0.355 e. The predicted molar refractivity (Wildman–Crippen MR) is 135 cm³/mol. The maximum atomic E-state index is 13.2. The molecule has 0 bridgehead atoms. The zero-order chi connectivity index (χ0) is 25.3. The summed E-state index contributed by atoms with van der Waals surface area (Å²) in [6.45, 7) is 4.40. The van der Waals surface area contributed by atoms with Gasteiger partial charge in [-0.2, -0.15) is 0 Å². The smallest absolute Gasteiger partial charge is 0.242 e. The van der Waals surface area contributed by atoms with Crippen molar-refractivity contribution in [3.63, 3.8) is 0 Å². The van der Waals surface area contributed by atoms with Crippen LogP contribution in [-0.2, 0) is 26.2 Å². The molecule has 0 saturated carbocycles. The molecule has 1 N–H and O–H groups in total. The number of hydrogen-bond donors (Lipinski definition) is 1. The monoisotopic (exact) mass is 527 g/mol. The zero-order valence-electron chi connectivity index (χ0n) is 19.6. The second-order valence-electron chi connectivity index (χ2n) is 7.82. The highest BCUT2D eigenvalue weighted by atomic mass is 35.5. The molecular weight excluding hydrogens is 497 g/mol. The molecule has 2 amide bonds. The summed E-state index contributed by atoms with van der Waals surface area (Å²) in [5.41, 5.74) is 0.672. The molecule has 2 rings (SSSR count). The van der Waals surface area contributed by atoms with Gasteiger partial charge in [-0.3, -0.25) is 9.59 Å². The Hall–Kier alpha value is -2.13. The summed E-state index contributed by atoms with van der Waals surface area (Å²) < 4.78 is 26.7. The van der Waals surface area contributed by atoms with Crippen molar-refractivity contribution < 1.29 is 18.0 Å². The van der Waals surface area contributed by atoms with Crippen molar-refractivity contribution in [2.75, 3.05) is 20.1 Å². The minimum atomic E-state index is -3.64. The van der Waals surface area contributed by atoms with Gasteiger partial charge in [-0.05, 0) is 49.6 Å². The number of halogens is 2. The topological polar surface area (TPSA) is 86.8 Å². The summed E-state index contributed by atoms with van der Waals surface area (Å²) in [7, 11) is -2.16. The van der Waals surface area contributed by atoms with Crippen LogP contribution in [0, 0.1) is 0 Å². The molecule has 0 aliphatic rings. The summed E-state index contributed by atoms with van der Waals surface area (Å²) in [6, 6.07) is 12.5. The SMILES string of the molecule is CCNC(=O)[C@@H](CC)N(Cc1ccc(Cl)cc1Cl)C(=O)CCCN(C)S(=O)(=O)c1ccccc1. The van der Waals surface area contributed by atoms with Crippen molar-refractivity contribution in [3.05, 3.63) is 64.1 Å². The van der Waals surface area contributed by atoms with Crippen molar-refractivity contribution in [2.24, 2.45) is 0 Å². The lowest BCUT2D eigenvalue weighted by atomic mass is 10.1. The highest BCUT2D eigenvalue weighted by Crippen LogP contribution is 2.24. The number of nitrogens with one attached hydrogen (secondary N) is 1. The average Bonchev–Trinajstić information content (AvgIpc) is 2.80. The first-order valence-electron chi connectivity index (χ1n) is 11.1. The van der Waals surface area contributed by atoms with Crippen LogP contribution < -0.4 is 5.32 Å². The van der Waals surface area contributed by atoms with E-state index < -0.39 is 16.1 Å². The van der Waals surface area contributed by atoms with E-state index in [4.69, 9.17) is 23.2 Å². The Bertz CT molecular complexity index is 1080. The van der Waals surface area contributed by atoms with E-state index in [9.17, 15) is 18.0 Å². The summed E-state index contributed by atoms with van der Waals surface area (Å²) in [4.78, 5) is 27.6. The van der Waals surface area contributed by atoms with Crippen molar-refractivity contribution in [1.82, 2.24) is 14.5 Å². The summed E-state index contributed by atoms with van der Waals surface area (Å²) in [5.74, 6) is -0.498. The number of sulfonamides is 1. The second kappa shape index (κ2) is 13.1. The first-order chi connectivity index (χ1) is 16.1. The van der Waals surface area contributed by atoms with Gasteiger partial charge < -0.3 is 10.2 Å². The highest BCUT2D eigenvalue weighted by molar-refractivity contribution is 7.89. The molecule has 34 heavy (non-hydrogen) atoms. The van der Waals surface area contributed by atoms with E-state index in [2.05, 4.69) is 5.32 Å². The van der Waals surface area contributed by atoms with E-state index in [1.165, 1.54) is 28.4 Å². The lowest BCUT2D eigenvalue weighted by molar-refractivity contribution is -0.141. The molecule has 186 valence electrons. The van der Waals surface area contributed by atoms with Crippen LogP contribution in [0.15, 0.2) is 53.4 Å². The maximum absolute atomic E-state index is 13.2. The fourth-order valence-electron chi connectivity index (χ4n) is 3.53. The predicted octanol–water partition coefficient (Wildman–Crippen LogP) is 4.34. The number of benzene rings is 2. The molecule has 2 aromatic rings. The molecule has 0 saturated heterocycles. The number of rotatable bonds is 12. The third kappa shape index (κ3) is 7.43. The lowest BCUT2D eigenvalue weighted by Gasteiger charge is -2.31. The molecule has 7 nitrogen and oxygen atoms in total. The van der Waals surface area contributed by atoms with Crippen LogP contribution in [-0.4, -0.2) is 55.6 Å². The van der Waals surface area contributed by atoms with Gasteiger partial charge in [-0.1, -0.05) is 54.4 Å². The number of carbonyl (C=O) groups is 2. The molecule has 0 heterocycles. The normalized spacial score (nSPS) is 12.4. The van der Waals surface area contributed by atoms with E-state index in [0.29, 0.717) is 35.0 Å². The van der Waals surface area contributed by atoms with Crippen molar-refractivity contribution in [1.29, 1.82) is 0 Å². The van der Waals surface area contributed by atoms with E-state index in [1.54, 1.807) is 36.4 Å². The Morgan fingerprint density at radius 3 is 2.32 bits per heavy atom. The Balaban J connectivity index is 2.15. The van der Waals surface area contributed by atoms with Gasteiger partial charge in [0.25, 0.3) is 0 Å². The summed E-state index contributed by atoms with van der Waals surface area (Å²) >= 11 is 12.3. The fourth-order valence-corrected chi connectivity index (χ4v) is 5.23. The Morgan fingerprint density at radius 1 is 1.06 bits per heavy atom. The van der Waals surface area contributed by atoms with E-state index in [1.807, 2.05) is 13.8 Å². The van der Waals surface area contributed by atoms with Crippen LogP contribution >= 0.6 is 23.2 Å². The second-order valence-corrected chi connectivity index (χ2v) is 10.7. The molecule has 0 aliphatic carbocycles. The number of hydrogen-bond acceptors (Lipinski definition) is 4. The number of amides is 2. The minimum absolute atomic E-state index is 0.0791. The molecule has 0 fully saturated rings. The van der Waals surface area contributed by atoms with Gasteiger partial charge in [-0.25, -0.2) is 12.7 Å². The quantitative estimate of drug-likeness (QED) is 0.444. The van der Waals surface area contributed by atoms with Gasteiger partial charge in [0.15, 0.2) is 0 Å². The standard InChI is InChI=1S/C24H31Cl2N3O4S/c1-4-22(24(31)27-5-2)29(17-18-13-14-19(25)16-21(18)26)23(30)12-9-15-28(3)34(32,33)20-10-7-6-8-11-20/h6-8,10-11,13-14,16,22H,4-5,9,12,15,17H2,1-3H3,(H,27,31)/t22-/m1/s1. The van der Waals surface area contributed by atoms with Crippen LogP contribution in [0.1, 0.15) is 38.7 Å². The van der Waals surface area contributed by atoms with Gasteiger partial charge in [-0.15, -0.1) is 0 Å². The van der Waals surface area contributed by atoms with Crippen molar-refractivity contribution in [3.8, 4) is 0 Å². The van der Waals surface area contributed by atoms with Crippen molar-refractivity contribution >= 4 is 45.0 Å². The highest BCUT2D eigenvalue weighted by Gasteiger charge is 2.29. The Morgan fingerprint density at radius 2 is 1.74 bits per heavy atom. The molecular formula is C24H31Cl2N3O4S. The van der Waals surface area contributed by atoms with Crippen molar-refractivity contribution in [2.45, 2.75) is 50.6 Å². The third-order valence-corrected chi connectivity index (χ3v) is 7.87. The van der Waals surface area contributed by atoms with Crippen LogP contribution in [0.3, 0.4) is 0 Å². The van der Waals surface area contributed by atoms with Crippen LogP contribution in [0.5, 0.6) is 0 Å². The maximum Gasteiger partial charge on any atom is 0.242 e. The Kier molecular flexibility index (Phi) is 10.8. The summed E-state index contributed by atoms with van der Waals surface area (Å²) in [5, 5.41) is 3.66. The molecule has 0 radical (unpaired) electrons. The first-order valence-corrected chi connectivity index (χ1v) is 13.3. The zero-order valence-corrected chi connectivity index (χ0v) is 22.0. The average molecular weight is 529 g/mol. The van der Waals surface area contributed by atoms with Crippen LogP contribution in [0.4, 0.5) is 0 Å². The molecule has 10 heteroatoms. The number of carbonyl (C=O) groups excluding carboxylic acids is 2. The summed E-state index contributed by atoms with van der Waals surface area (Å²) in [6.07, 6.45) is 0.804. The van der Waals surface area contributed by atoms with Gasteiger partial charge in [0.1, 0.15) is 6.04 Å². The minimum Gasteiger partial charge on any atom is -0.355 e. The van der Waals surface area contributed by atoms with E-state index >= 15 is 0 Å². The Labute approximate surface area is 212 Å². The molecule has 0 aromatic heterocycles. The van der Waals surface area contributed by atoms with Crippen LogP contribution in [0.25, 0.3) is 0 Å². The molecule has 0 aliphatic heterocycles. The third-order valence-electron chi connectivity index (χ3n) is 5.41. The number of likely N-dealkylation sites (N-methyl/N-ethyl adjacent to an activating group) is 1.